The Morgan fingerprint density at radius 3 is 2.94 bits per heavy atom. The fourth-order valence-electron chi connectivity index (χ4n) is 1.99. The molecule has 0 saturated carbocycles. The topological polar surface area (TPSA) is 73.6 Å². The van der Waals surface area contributed by atoms with E-state index < -0.39 is 12.5 Å². The van der Waals surface area contributed by atoms with E-state index in [1.54, 1.807) is 25.5 Å². The summed E-state index contributed by atoms with van der Waals surface area (Å²) in [4.78, 5) is 13.7. The minimum atomic E-state index is -0.831. The maximum Gasteiger partial charge on any atom is 0.376 e. The van der Waals surface area contributed by atoms with E-state index in [1.807, 2.05) is 6.07 Å². The Bertz CT molecular complexity index is 375. The van der Waals surface area contributed by atoms with Gasteiger partial charge in [-0.1, -0.05) is 0 Å². The number of rotatable bonds is 3. The molecule has 1 atom stereocenters. The molecular weight excluding hydrogens is 219 g/mol. The first kappa shape index (κ1) is 13.7. The molecule has 1 saturated heterocycles. The number of carbonyl (C=O) groups is 1. The Hall–Kier alpha value is -1.32. The molecule has 1 rings (SSSR count). The number of esters is 1. The molecule has 1 heterocycles. The van der Waals surface area contributed by atoms with Crippen LogP contribution in [-0.2, 0) is 9.53 Å². The van der Waals surface area contributed by atoms with Crippen molar-refractivity contribution in [2.75, 3.05) is 19.7 Å². The van der Waals surface area contributed by atoms with Crippen molar-refractivity contribution in [1.82, 2.24) is 4.81 Å². The van der Waals surface area contributed by atoms with Gasteiger partial charge < -0.3 is 14.6 Å². The molecule has 0 spiro atoms. The van der Waals surface area contributed by atoms with Gasteiger partial charge in [-0.2, -0.15) is 5.26 Å². The summed E-state index contributed by atoms with van der Waals surface area (Å²) < 4.78 is 5.04. The lowest BCUT2D eigenvalue weighted by Gasteiger charge is -2.23. The van der Waals surface area contributed by atoms with Crippen LogP contribution in [0.25, 0.3) is 0 Å². The summed E-state index contributed by atoms with van der Waals surface area (Å²) in [5, 5.41) is 18.3. The van der Waals surface area contributed by atoms with Crippen molar-refractivity contribution in [3.05, 3.63) is 11.6 Å². The average molecular weight is 236 g/mol. The molecule has 92 valence electrons. The molecule has 17 heavy (non-hydrogen) atoms. The first-order chi connectivity index (χ1) is 7.95. The highest BCUT2D eigenvalue weighted by Gasteiger charge is 2.47. The summed E-state index contributed by atoms with van der Waals surface area (Å²) in [5.41, 5.74) is -0.137. The molecule has 0 aliphatic carbocycles. The Morgan fingerprint density at radius 1 is 1.82 bits per heavy atom. The van der Waals surface area contributed by atoms with E-state index in [0.717, 1.165) is 0 Å². The molecule has 0 radical (unpaired) electrons. The second-order valence-corrected chi connectivity index (χ2v) is 4.39. The molecule has 5 nitrogen and oxygen atoms in total. The van der Waals surface area contributed by atoms with Crippen LogP contribution in [-0.4, -0.2) is 42.6 Å². The third kappa shape index (κ3) is 2.68. The maximum atomic E-state index is 11.9. The molecule has 0 aromatic rings. The minimum absolute atomic E-state index is 0.308. The van der Waals surface area contributed by atoms with Crippen LogP contribution in [0.1, 0.15) is 13.8 Å². The van der Waals surface area contributed by atoms with E-state index >= 15 is 0 Å². The van der Waals surface area contributed by atoms with Crippen LogP contribution in [0.2, 0.25) is 6.82 Å². The third-order valence-electron chi connectivity index (χ3n) is 3.09. The van der Waals surface area contributed by atoms with Crippen LogP contribution in [0.15, 0.2) is 11.6 Å². The number of hydrogen-bond donors (Lipinski definition) is 1. The van der Waals surface area contributed by atoms with Crippen LogP contribution >= 0.6 is 0 Å². The highest BCUT2D eigenvalue weighted by Crippen LogP contribution is 2.36. The van der Waals surface area contributed by atoms with Crippen molar-refractivity contribution < 1.29 is 14.6 Å². The van der Waals surface area contributed by atoms with Crippen molar-refractivity contribution >= 4 is 13.0 Å². The molecule has 0 aromatic carbocycles. The summed E-state index contributed by atoms with van der Waals surface area (Å²) in [5.74, 6) is -0.343. The molecule has 1 fully saturated rings. The summed E-state index contributed by atoms with van der Waals surface area (Å²) >= 11 is 0. The minimum Gasteiger partial charge on any atom is -0.465 e. The number of nitriles is 1. The first-order valence-corrected chi connectivity index (χ1v) is 5.64. The predicted octanol–water partition coefficient (Wildman–Crippen LogP) is 0.432. The number of carbonyl (C=O) groups excluding carboxylic acids is 1. The number of ether oxygens (including phenoxy) is 1. The number of nitrogens with zero attached hydrogens (tertiary/aromatic N) is 2. The normalized spacial score (nSPS) is 26.9. The van der Waals surface area contributed by atoms with E-state index in [-0.39, 0.29) is 5.97 Å². The van der Waals surface area contributed by atoms with Crippen LogP contribution in [0.5, 0.6) is 0 Å². The summed E-state index contributed by atoms with van der Waals surface area (Å²) in [6, 6.07) is 1.94. The lowest BCUT2D eigenvalue weighted by molar-refractivity contribution is -0.151. The van der Waals surface area contributed by atoms with Crippen molar-refractivity contribution in [3.8, 4) is 6.07 Å². The van der Waals surface area contributed by atoms with E-state index in [2.05, 4.69) is 0 Å². The summed E-state index contributed by atoms with van der Waals surface area (Å²) in [6.45, 7) is 6.23. The predicted molar refractivity (Wildman–Crippen MR) is 63.8 cm³/mol. The van der Waals surface area contributed by atoms with Crippen molar-refractivity contribution in [3.63, 3.8) is 0 Å². The van der Waals surface area contributed by atoms with Crippen LogP contribution in [0.4, 0.5) is 0 Å². The lowest BCUT2D eigenvalue weighted by atomic mass is 9.83. The Kier molecular flexibility index (Phi) is 4.32. The van der Waals surface area contributed by atoms with E-state index in [0.29, 0.717) is 25.3 Å². The second-order valence-electron chi connectivity index (χ2n) is 4.39. The van der Waals surface area contributed by atoms with E-state index in [4.69, 9.17) is 10.00 Å². The van der Waals surface area contributed by atoms with Crippen molar-refractivity contribution in [1.29, 1.82) is 5.26 Å². The van der Waals surface area contributed by atoms with Crippen LogP contribution in [0, 0.1) is 16.7 Å². The van der Waals surface area contributed by atoms with Gasteiger partial charge in [0, 0.05) is 19.2 Å². The van der Waals surface area contributed by atoms with Gasteiger partial charge in [-0.3, -0.25) is 4.79 Å². The Morgan fingerprint density at radius 2 is 2.47 bits per heavy atom. The quantitative estimate of drug-likeness (QED) is 0.437. The molecule has 1 unspecified atom stereocenters. The van der Waals surface area contributed by atoms with E-state index in [9.17, 15) is 9.82 Å². The zero-order chi connectivity index (χ0) is 13.1. The highest BCUT2D eigenvalue weighted by molar-refractivity contribution is 6.45. The molecule has 0 aromatic heterocycles. The average Bonchev–Trinajstić information content (AvgIpc) is 2.59. The summed E-state index contributed by atoms with van der Waals surface area (Å²) in [7, 11) is -0.645. The first-order valence-electron chi connectivity index (χ1n) is 5.64. The lowest BCUT2D eigenvalue weighted by Crippen LogP contribution is -2.39. The van der Waals surface area contributed by atoms with E-state index in [1.165, 1.54) is 6.08 Å². The van der Waals surface area contributed by atoms with Crippen LogP contribution < -0.4 is 0 Å². The maximum absolute atomic E-state index is 11.9. The van der Waals surface area contributed by atoms with Crippen molar-refractivity contribution in [2.24, 2.45) is 5.41 Å². The molecular formula is C11H17BN2O3. The zero-order valence-corrected chi connectivity index (χ0v) is 10.4. The fourth-order valence-corrected chi connectivity index (χ4v) is 1.99. The molecule has 1 aliphatic heterocycles. The monoisotopic (exact) mass is 236 g/mol. The van der Waals surface area contributed by atoms with Gasteiger partial charge in [0.25, 0.3) is 0 Å². The van der Waals surface area contributed by atoms with Crippen LogP contribution in [0.3, 0.4) is 0 Å². The fraction of sp³-hybridized carbons (Fsp3) is 0.636. The van der Waals surface area contributed by atoms with Gasteiger partial charge in [0.15, 0.2) is 0 Å². The third-order valence-corrected chi connectivity index (χ3v) is 3.09. The van der Waals surface area contributed by atoms with Crippen molar-refractivity contribution in [2.45, 2.75) is 20.7 Å². The molecule has 6 heteroatoms. The smallest absolute Gasteiger partial charge is 0.376 e. The molecule has 0 amide bonds. The summed E-state index contributed by atoms with van der Waals surface area (Å²) in [6.07, 6.45) is 1.37. The molecule has 1 aliphatic rings. The number of hydrogen-bond acceptors (Lipinski definition) is 5. The van der Waals surface area contributed by atoms with Gasteiger partial charge in [0.2, 0.25) is 0 Å². The van der Waals surface area contributed by atoms with Gasteiger partial charge in [0.1, 0.15) is 0 Å². The highest BCUT2D eigenvalue weighted by atomic mass is 16.5. The molecule has 0 bridgehead atoms. The SMILES string of the molecule is CCOC(=O)C1(C)CN(B(C)O)C/C1=C\C#N. The standard InChI is InChI=1S/C11H17BN2O3/c1-4-17-10(15)11(2)8-14(12(3)16)7-9(11)5-6-13/h5,16H,4,7-8H2,1-3H3/b9-5+. The Labute approximate surface area is 102 Å². The van der Waals surface area contributed by atoms with Gasteiger partial charge in [-0.05, 0) is 26.2 Å². The van der Waals surface area contributed by atoms with Gasteiger partial charge in [0.05, 0.1) is 18.1 Å². The van der Waals surface area contributed by atoms with Gasteiger partial charge in [-0.25, -0.2) is 0 Å². The second kappa shape index (κ2) is 5.34. The van der Waals surface area contributed by atoms with Gasteiger partial charge in [-0.15, -0.1) is 0 Å². The largest absolute Gasteiger partial charge is 0.465 e. The zero-order valence-electron chi connectivity index (χ0n) is 10.4. The van der Waals surface area contributed by atoms with Gasteiger partial charge >= 0.3 is 13.0 Å². The molecule has 1 N–H and O–H groups in total. The number of allylic oxidation sites excluding steroid dienone is 1. The Balaban J connectivity index is 2.99.